The van der Waals surface area contributed by atoms with Gasteiger partial charge in [-0.2, -0.15) is 0 Å². The van der Waals surface area contributed by atoms with E-state index >= 15 is 0 Å². The highest BCUT2D eigenvalue weighted by Gasteiger charge is 2.40. The molecule has 1 atom stereocenters. The molecule has 1 N–H and O–H groups in total. The summed E-state index contributed by atoms with van der Waals surface area (Å²) in [5, 5.41) is 3.66. The van der Waals surface area contributed by atoms with Crippen LogP contribution >= 0.6 is 0 Å². The smallest absolute Gasteiger partial charge is 0.0565 e. The minimum Gasteiger partial charge on any atom is -0.368 e. The van der Waals surface area contributed by atoms with E-state index in [1.807, 2.05) is 6.20 Å². The first kappa shape index (κ1) is 10.6. The van der Waals surface area contributed by atoms with Gasteiger partial charge >= 0.3 is 0 Å². The summed E-state index contributed by atoms with van der Waals surface area (Å²) in [6.07, 6.45) is 12.9. The number of anilines is 1. The molecule has 0 saturated carbocycles. The number of aromatic nitrogens is 1. The SMILES string of the molecule is C#Cc1cncc(N2CCC3(CCCN3)C2)c1. The Labute approximate surface area is 102 Å². The maximum atomic E-state index is 5.41. The minimum atomic E-state index is 0.353. The molecular formula is C14H17N3. The second-order valence-electron chi connectivity index (χ2n) is 5.06. The van der Waals surface area contributed by atoms with Gasteiger partial charge in [-0.05, 0) is 31.9 Å². The lowest BCUT2D eigenvalue weighted by atomic mass is 9.97. The molecule has 3 rings (SSSR count). The maximum Gasteiger partial charge on any atom is 0.0565 e. The lowest BCUT2D eigenvalue weighted by Gasteiger charge is -2.25. The highest BCUT2D eigenvalue weighted by Crippen LogP contribution is 2.32. The number of rotatable bonds is 1. The van der Waals surface area contributed by atoms with Crippen LogP contribution in [-0.2, 0) is 0 Å². The molecular weight excluding hydrogens is 210 g/mol. The van der Waals surface area contributed by atoms with E-state index in [9.17, 15) is 0 Å². The van der Waals surface area contributed by atoms with E-state index in [0.717, 1.165) is 30.9 Å². The third-order valence-electron chi connectivity index (χ3n) is 3.94. The Hall–Kier alpha value is -1.53. The minimum absolute atomic E-state index is 0.353. The average molecular weight is 227 g/mol. The summed E-state index contributed by atoms with van der Waals surface area (Å²) in [6.45, 7) is 3.35. The normalized spacial score (nSPS) is 27.6. The van der Waals surface area contributed by atoms with Crippen LogP contribution in [0.4, 0.5) is 5.69 Å². The first-order valence-electron chi connectivity index (χ1n) is 6.23. The molecule has 0 bridgehead atoms. The van der Waals surface area contributed by atoms with E-state index in [2.05, 4.69) is 27.2 Å². The van der Waals surface area contributed by atoms with Gasteiger partial charge in [-0.1, -0.05) is 5.92 Å². The van der Waals surface area contributed by atoms with E-state index in [1.165, 1.54) is 19.3 Å². The van der Waals surface area contributed by atoms with Crippen LogP contribution < -0.4 is 10.2 Å². The Morgan fingerprint density at radius 3 is 3.12 bits per heavy atom. The lowest BCUT2D eigenvalue weighted by molar-refractivity contribution is 0.419. The summed E-state index contributed by atoms with van der Waals surface area (Å²) in [6, 6.07) is 2.06. The standard InChI is InChI=1S/C14H17N3/c1-2-12-8-13(10-15-9-12)17-7-5-14(11-17)4-3-6-16-14/h1,8-10,16H,3-7,11H2. The van der Waals surface area contributed by atoms with Gasteiger partial charge in [0, 0.05) is 30.4 Å². The van der Waals surface area contributed by atoms with Crippen LogP contribution in [0, 0.1) is 12.3 Å². The van der Waals surface area contributed by atoms with E-state index in [1.54, 1.807) is 6.20 Å². The van der Waals surface area contributed by atoms with Crippen LogP contribution in [0.15, 0.2) is 18.5 Å². The molecule has 1 spiro atoms. The fourth-order valence-corrected chi connectivity index (χ4v) is 2.99. The first-order valence-corrected chi connectivity index (χ1v) is 6.23. The number of hydrogen-bond acceptors (Lipinski definition) is 3. The van der Waals surface area contributed by atoms with Gasteiger partial charge in [0.25, 0.3) is 0 Å². The zero-order valence-electron chi connectivity index (χ0n) is 9.95. The summed E-state index contributed by atoms with van der Waals surface area (Å²) in [5.41, 5.74) is 2.38. The predicted octanol–water partition coefficient (Wildman–Crippen LogP) is 1.40. The van der Waals surface area contributed by atoms with Crippen molar-refractivity contribution in [1.29, 1.82) is 0 Å². The second-order valence-corrected chi connectivity index (χ2v) is 5.06. The van der Waals surface area contributed by atoms with Gasteiger partial charge in [0.05, 0.1) is 11.9 Å². The van der Waals surface area contributed by atoms with Gasteiger partial charge < -0.3 is 10.2 Å². The predicted molar refractivity (Wildman–Crippen MR) is 69.0 cm³/mol. The lowest BCUT2D eigenvalue weighted by Crippen LogP contribution is -2.42. The number of hydrogen-bond donors (Lipinski definition) is 1. The van der Waals surface area contributed by atoms with Crippen molar-refractivity contribution < 1.29 is 0 Å². The molecule has 17 heavy (non-hydrogen) atoms. The summed E-state index contributed by atoms with van der Waals surface area (Å²) in [4.78, 5) is 6.61. The zero-order valence-corrected chi connectivity index (χ0v) is 9.95. The number of terminal acetylenes is 1. The molecule has 2 aliphatic rings. The van der Waals surface area contributed by atoms with Crippen LogP contribution in [-0.4, -0.2) is 30.2 Å². The number of nitrogens with one attached hydrogen (secondary N) is 1. The van der Waals surface area contributed by atoms with Crippen molar-refractivity contribution in [1.82, 2.24) is 10.3 Å². The van der Waals surface area contributed by atoms with Gasteiger partial charge in [-0.25, -0.2) is 0 Å². The highest BCUT2D eigenvalue weighted by atomic mass is 15.2. The molecule has 1 unspecified atom stereocenters. The molecule has 0 amide bonds. The van der Waals surface area contributed by atoms with Gasteiger partial charge in [0.1, 0.15) is 0 Å². The average Bonchev–Trinajstić information content (AvgIpc) is 3.01. The van der Waals surface area contributed by atoms with Crippen molar-refractivity contribution in [2.75, 3.05) is 24.5 Å². The monoisotopic (exact) mass is 227 g/mol. The van der Waals surface area contributed by atoms with Crippen molar-refractivity contribution >= 4 is 5.69 Å². The molecule has 2 fully saturated rings. The number of pyridine rings is 1. The quantitative estimate of drug-likeness (QED) is 0.735. The molecule has 0 aliphatic carbocycles. The Morgan fingerprint density at radius 1 is 1.41 bits per heavy atom. The zero-order chi connectivity index (χ0) is 11.7. The van der Waals surface area contributed by atoms with Crippen LogP contribution in [0.3, 0.4) is 0 Å². The maximum absolute atomic E-state index is 5.41. The molecule has 0 radical (unpaired) electrons. The van der Waals surface area contributed by atoms with Crippen molar-refractivity contribution in [3.8, 4) is 12.3 Å². The molecule has 0 aromatic carbocycles. The molecule has 88 valence electrons. The van der Waals surface area contributed by atoms with E-state index < -0.39 is 0 Å². The Bertz CT molecular complexity index is 455. The molecule has 2 aliphatic heterocycles. The van der Waals surface area contributed by atoms with E-state index in [0.29, 0.717) is 5.54 Å². The third kappa shape index (κ3) is 1.89. The van der Waals surface area contributed by atoms with Gasteiger partial charge in [-0.3, -0.25) is 4.98 Å². The number of nitrogens with zero attached hydrogens (tertiary/aromatic N) is 2. The first-order chi connectivity index (χ1) is 8.31. The molecule has 2 saturated heterocycles. The Morgan fingerprint density at radius 2 is 2.35 bits per heavy atom. The fraction of sp³-hybridized carbons (Fsp3) is 0.500. The summed E-state index contributed by atoms with van der Waals surface area (Å²) < 4.78 is 0. The van der Waals surface area contributed by atoms with Crippen LogP contribution in [0.2, 0.25) is 0 Å². The fourth-order valence-electron chi connectivity index (χ4n) is 2.99. The van der Waals surface area contributed by atoms with Crippen LogP contribution in [0.1, 0.15) is 24.8 Å². The highest BCUT2D eigenvalue weighted by molar-refractivity contribution is 5.51. The second kappa shape index (κ2) is 4.05. The van der Waals surface area contributed by atoms with Gasteiger partial charge in [0.2, 0.25) is 0 Å². The molecule has 3 heterocycles. The van der Waals surface area contributed by atoms with Crippen molar-refractivity contribution in [3.63, 3.8) is 0 Å². The summed E-state index contributed by atoms with van der Waals surface area (Å²) >= 11 is 0. The summed E-state index contributed by atoms with van der Waals surface area (Å²) in [7, 11) is 0. The van der Waals surface area contributed by atoms with Crippen molar-refractivity contribution in [2.24, 2.45) is 0 Å². The van der Waals surface area contributed by atoms with Crippen molar-refractivity contribution in [2.45, 2.75) is 24.8 Å². The third-order valence-corrected chi connectivity index (χ3v) is 3.94. The largest absolute Gasteiger partial charge is 0.368 e. The van der Waals surface area contributed by atoms with Gasteiger partial charge in [-0.15, -0.1) is 6.42 Å². The van der Waals surface area contributed by atoms with Gasteiger partial charge in [0.15, 0.2) is 0 Å². The van der Waals surface area contributed by atoms with E-state index in [-0.39, 0.29) is 0 Å². The van der Waals surface area contributed by atoms with Crippen LogP contribution in [0.5, 0.6) is 0 Å². The summed E-state index contributed by atoms with van der Waals surface area (Å²) in [5.74, 6) is 2.65. The molecule has 1 aromatic heterocycles. The Kier molecular flexibility index (Phi) is 2.53. The molecule has 1 aromatic rings. The van der Waals surface area contributed by atoms with Crippen LogP contribution in [0.25, 0.3) is 0 Å². The topological polar surface area (TPSA) is 28.2 Å². The molecule has 3 nitrogen and oxygen atoms in total. The van der Waals surface area contributed by atoms with E-state index in [4.69, 9.17) is 6.42 Å². The van der Waals surface area contributed by atoms with Crippen molar-refractivity contribution in [3.05, 3.63) is 24.0 Å². The Balaban J connectivity index is 1.80. The molecule has 3 heteroatoms.